The maximum atomic E-state index is 12.5. The third-order valence-corrected chi connectivity index (χ3v) is 3.73. The van der Waals surface area contributed by atoms with Gasteiger partial charge in [-0.05, 0) is 53.5 Å². The van der Waals surface area contributed by atoms with E-state index in [1.54, 1.807) is 0 Å². The first-order chi connectivity index (χ1) is 13.6. The maximum Gasteiger partial charge on any atom is 0.293 e. The van der Waals surface area contributed by atoms with Crippen LogP contribution >= 0.6 is 0 Å². The number of hydrazone groups is 1. The van der Waals surface area contributed by atoms with Crippen molar-refractivity contribution in [2.24, 2.45) is 5.10 Å². The number of ether oxygens (including phenoxy) is 1. The molecule has 11 heteroatoms. The minimum Gasteiger partial charge on any atom is -0.494 e. The molecule has 1 aromatic carbocycles. The number of rotatable bonds is 8. The number of carbonyl (C=O) groups excluding carboxylic acids is 1. The van der Waals surface area contributed by atoms with Crippen LogP contribution in [-0.2, 0) is 6.42 Å². The number of hydrogen-bond donors (Lipinski definition) is 2. The van der Waals surface area contributed by atoms with Gasteiger partial charge in [0.15, 0.2) is 5.69 Å². The standard InChI is InChI=1S/C17H20N8O3/c1-3-5-13-14(20-24-25(13)16-15(18)22-28-23-16)17(26)21-19-10-11-6-8-12(9-7-11)27-4-2/h6-10H,3-5H2,1-2H3,(H2,18,22)(H,21,26)/b19-10+. The van der Waals surface area contributed by atoms with Crippen LogP contribution < -0.4 is 15.9 Å². The van der Waals surface area contributed by atoms with Crippen LogP contribution in [-0.4, -0.2) is 44.0 Å². The average molecular weight is 384 g/mol. The van der Waals surface area contributed by atoms with Gasteiger partial charge in [0, 0.05) is 0 Å². The first-order valence-electron chi connectivity index (χ1n) is 8.73. The zero-order valence-electron chi connectivity index (χ0n) is 15.5. The third kappa shape index (κ3) is 4.14. The van der Waals surface area contributed by atoms with Crippen LogP contribution in [0, 0.1) is 0 Å². The summed E-state index contributed by atoms with van der Waals surface area (Å²) in [5, 5.41) is 19.1. The molecule has 0 bridgehead atoms. The van der Waals surface area contributed by atoms with Gasteiger partial charge in [0.2, 0.25) is 11.6 Å². The van der Waals surface area contributed by atoms with E-state index in [4.69, 9.17) is 10.5 Å². The van der Waals surface area contributed by atoms with E-state index in [1.807, 2.05) is 38.1 Å². The van der Waals surface area contributed by atoms with Crippen LogP contribution in [0.2, 0.25) is 0 Å². The zero-order chi connectivity index (χ0) is 19.9. The quantitative estimate of drug-likeness (QED) is 0.437. The van der Waals surface area contributed by atoms with Crippen molar-refractivity contribution < 1.29 is 14.2 Å². The molecule has 0 atom stereocenters. The van der Waals surface area contributed by atoms with Gasteiger partial charge < -0.3 is 10.5 Å². The Morgan fingerprint density at radius 1 is 1.32 bits per heavy atom. The fourth-order valence-corrected chi connectivity index (χ4v) is 2.48. The molecule has 2 heterocycles. The smallest absolute Gasteiger partial charge is 0.293 e. The van der Waals surface area contributed by atoms with E-state index in [-0.39, 0.29) is 17.3 Å². The molecule has 3 rings (SSSR count). The Balaban J connectivity index is 1.73. The molecule has 1 amide bonds. The second-order valence-electron chi connectivity index (χ2n) is 5.72. The van der Waals surface area contributed by atoms with Crippen molar-refractivity contribution >= 4 is 17.9 Å². The van der Waals surface area contributed by atoms with E-state index >= 15 is 0 Å². The summed E-state index contributed by atoms with van der Waals surface area (Å²) in [5.74, 6) is 0.522. The van der Waals surface area contributed by atoms with E-state index in [1.165, 1.54) is 10.9 Å². The van der Waals surface area contributed by atoms with Crippen LogP contribution in [0.5, 0.6) is 5.75 Å². The average Bonchev–Trinajstić information content (AvgIpc) is 3.29. The lowest BCUT2D eigenvalue weighted by atomic mass is 10.2. The summed E-state index contributed by atoms with van der Waals surface area (Å²) in [6.45, 7) is 4.48. The van der Waals surface area contributed by atoms with Crippen molar-refractivity contribution in [1.82, 2.24) is 30.7 Å². The summed E-state index contributed by atoms with van der Waals surface area (Å²) in [6, 6.07) is 7.32. The molecular formula is C17H20N8O3. The van der Waals surface area contributed by atoms with Gasteiger partial charge >= 0.3 is 0 Å². The van der Waals surface area contributed by atoms with Gasteiger partial charge in [0.1, 0.15) is 5.75 Å². The molecule has 2 aromatic heterocycles. The summed E-state index contributed by atoms with van der Waals surface area (Å²) in [4.78, 5) is 12.5. The molecule has 0 aliphatic rings. The topological polar surface area (TPSA) is 146 Å². The highest BCUT2D eigenvalue weighted by Gasteiger charge is 2.23. The molecule has 0 fully saturated rings. The zero-order valence-corrected chi connectivity index (χ0v) is 15.5. The highest BCUT2D eigenvalue weighted by Crippen LogP contribution is 2.17. The molecule has 11 nitrogen and oxygen atoms in total. The molecular weight excluding hydrogens is 364 g/mol. The predicted octanol–water partition coefficient (Wildman–Crippen LogP) is 1.35. The molecule has 28 heavy (non-hydrogen) atoms. The third-order valence-electron chi connectivity index (χ3n) is 3.73. The number of nitrogen functional groups attached to an aromatic ring is 1. The molecule has 146 valence electrons. The van der Waals surface area contributed by atoms with E-state index in [0.717, 1.165) is 17.7 Å². The van der Waals surface area contributed by atoms with Gasteiger partial charge in [0.05, 0.1) is 18.5 Å². The number of anilines is 1. The second-order valence-corrected chi connectivity index (χ2v) is 5.72. The van der Waals surface area contributed by atoms with Gasteiger partial charge in [0.25, 0.3) is 5.91 Å². The van der Waals surface area contributed by atoms with Gasteiger partial charge in [-0.1, -0.05) is 18.6 Å². The molecule has 0 saturated carbocycles. The number of amides is 1. The summed E-state index contributed by atoms with van der Waals surface area (Å²) >= 11 is 0. The summed E-state index contributed by atoms with van der Waals surface area (Å²) in [6.07, 6.45) is 2.82. The lowest BCUT2D eigenvalue weighted by molar-refractivity contribution is 0.0949. The van der Waals surface area contributed by atoms with Crippen molar-refractivity contribution in [3.8, 4) is 11.6 Å². The number of nitrogens with one attached hydrogen (secondary N) is 1. The minimum atomic E-state index is -0.494. The van der Waals surface area contributed by atoms with Crippen molar-refractivity contribution in [1.29, 1.82) is 0 Å². The van der Waals surface area contributed by atoms with Crippen LogP contribution in [0.25, 0.3) is 5.82 Å². The second kappa shape index (κ2) is 8.75. The Labute approximate surface area is 160 Å². The van der Waals surface area contributed by atoms with E-state index in [9.17, 15) is 4.79 Å². The number of nitrogens with zero attached hydrogens (tertiary/aromatic N) is 6. The molecule has 3 aromatic rings. The van der Waals surface area contributed by atoms with Crippen molar-refractivity contribution in [3.63, 3.8) is 0 Å². The molecule has 0 radical (unpaired) electrons. The van der Waals surface area contributed by atoms with Gasteiger partial charge in [-0.2, -0.15) is 9.78 Å². The van der Waals surface area contributed by atoms with Gasteiger partial charge in [-0.25, -0.2) is 10.1 Å². The fraction of sp³-hybridized carbons (Fsp3) is 0.294. The Bertz CT molecular complexity index is 961. The molecule has 0 unspecified atom stereocenters. The van der Waals surface area contributed by atoms with Crippen LogP contribution in [0.3, 0.4) is 0 Å². The Morgan fingerprint density at radius 3 is 2.75 bits per heavy atom. The molecule has 3 N–H and O–H groups in total. The Kier molecular flexibility index (Phi) is 5.94. The molecule has 0 aliphatic heterocycles. The summed E-state index contributed by atoms with van der Waals surface area (Å²) in [7, 11) is 0. The van der Waals surface area contributed by atoms with Gasteiger partial charge in [-0.3, -0.25) is 4.79 Å². The number of hydrogen-bond acceptors (Lipinski definition) is 9. The van der Waals surface area contributed by atoms with E-state index in [2.05, 4.69) is 35.8 Å². The van der Waals surface area contributed by atoms with Crippen molar-refractivity contribution in [3.05, 3.63) is 41.2 Å². The maximum absolute atomic E-state index is 12.5. The number of nitrogens with two attached hydrogens (primary N) is 1. The molecule has 0 spiro atoms. The lowest BCUT2D eigenvalue weighted by Gasteiger charge is -2.04. The largest absolute Gasteiger partial charge is 0.494 e. The monoisotopic (exact) mass is 384 g/mol. The van der Waals surface area contributed by atoms with Crippen molar-refractivity contribution in [2.45, 2.75) is 26.7 Å². The predicted molar refractivity (Wildman–Crippen MR) is 100 cm³/mol. The Hall–Kier alpha value is -3.76. The Morgan fingerprint density at radius 2 is 2.11 bits per heavy atom. The SMILES string of the molecule is CCCc1c(C(=O)N/N=C/c2ccc(OCC)cc2)nnn1-c1nonc1N. The van der Waals surface area contributed by atoms with Crippen LogP contribution in [0.4, 0.5) is 5.82 Å². The number of aromatic nitrogens is 5. The van der Waals surface area contributed by atoms with Crippen molar-refractivity contribution in [2.75, 3.05) is 12.3 Å². The van der Waals surface area contributed by atoms with E-state index in [0.29, 0.717) is 18.7 Å². The lowest BCUT2D eigenvalue weighted by Crippen LogP contribution is -2.20. The minimum absolute atomic E-state index is 0.0581. The fourth-order valence-electron chi connectivity index (χ4n) is 2.48. The summed E-state index contributed by atoms with van der Waals surface area (Å²) in [5.41, 5.74) is 9.64. The van der Waals surface area contributed by atoms with Crippen LogP contribution in [0.1, 0.15) is 42.0 Å². The number of carbonyl (C=O) groups is 1. The molecule has 0 saturated heterocycles. The first-order valence-corrected chi connectivity index (χ1v) is 8.73. The van der Waals surface area contributed by atoms with Crippen LogP contribution in [0.15, 0.2) is 34.0 Å². The normalized spacial score (nSPS) is 11.1. The first kappa shape index (κ1) is 19.0. The highest BCUT2D eigenvalue weighted by molar-refractivity contribution is 5.94. The summed E-state index contributed by atoms with van der Waals surface area (Å²) < 4.78 is 11.3. The molecule has 0 aliphatic carbocycles. The van der Waals surface area contributed by atoms with Gasteiger partial charge in [-0.15, -0.1) is 5.10 Å². The highest BCUT2D eigenvalue weighted by atomic mass is 16.6. The number of benzene rings is 1. The van der Waals surface area contributed by atoms with E-state index < -0.39 is 5.91 Å².